The van der Waals surface area contributed by atoms with Crippen LogP contribution in [-0.2, 0) is 6.42 Å². The van der Waals surface area contributed by atoms with Crippen molar-refractivity contribution in [3.05, 3.63) is 30.2 Å². The Morgan fingerprint density at radius 2 is 2.19 bits per heavy atom. The largest absolute Gasteiger partial charge is 0.482 e. The van der Waals surface area contributed by atoms with Crippen molar-refractivity contribution in [2.24, 2.45) is 0 Å². The van der Waals surface area contributed by atoms with E-state index in [1.54, 1.807) is 7.11 Å². The number of piperidine rings is 1. The van der Waals surface area contributed by atoms with Crippen LogP contribution in [0.1, 0.15) is 38.9 Å². The van der Waals surface area contributed by atoms with Crippen molar-refractivity contribution in [1.82, 2.24) is 14.3 Å². The van der Waals surface area contributed by atoms with Gasteiger partial charge in [0.2, 0.25) is 0 Å². The summed E-state index contributed by atoms with van der Waals surface area (Å²) in [6.07, 6.45) is 6.85. The molecule has 21 heavy (non-hydrogen) atoms. The van der Waals surface area contributed by atoms with Crippen LogP contribution in [0.3, 0.4) is 0 Å². The molecule has 114 valence electrons. The van der Waals surface area contributed by atoms with Crippen LogP contribution in [0.5, 0.6) is 5.88 Å². The molecule has 2 aromatic heterocycles. The maximum absolute atomic E-state index is 5.50. The molecule has 1 unspecified atom stereocenters. The first-order valence-electron chi connectivity index (χ1n) is 7.96. The van der Waals surface area contributed by atoms with E-state index in [1.165, 1.54) is 25.8 Å². The molecule has 2 aromatic rings. The highest BCUT2D eigenvalue weighted by atomic mass is 16.5. The van der Waals surface area contributed by atoms with Gasteiger partial charge in [0, 0.05) is 18.5 Å². The van der Waals surface area contributed by atoms with Crippen molar-refractivity contribution in [3.63, 3.8) is 0 Å². The molecule has 1 fully saturated rings. The van der Waals surface area contributed by atoms with Gasteiger partial charge >= 0.3 is 0 Å². The second-order valence-electron chi connectivity index (χ2n) is 6.19. The minimum Gasteiger partial charge on any atom is -0.482 e. The first-order chi connectivity index (χ1) is 10.2. The van der Waals surface area contributed by atoms with Crippen LogP contribution < -0.4 is 4.74 Å². The average Bonchev–Trinajstić information content (AvgIpc) is 2.91. The molecule has 0 N–H and O–H groups in total. The molecule has 1 aliphatic heterocycles. The Balaban J connectivity index is 1.90. The quantitative estimate of drug-likeness (QED) is 0.865. The fourth-order valence-electron chi connectivity index (χ4n) is 3.52. The number of aromatic nitrogens is 2. The van der Waals surface area contributed by atoms with E-state index in [4.69, 9.17) is 4.74 Å². The Bertz CT molecular complexity index is 605. The summed E-state index contributed by atoms with van der Waals surface area (Å²) in [5, 5.41) is 0. The molecule has 3 heterocycles. The lowest BCUT2D eigenvalue weighted by Gasteiger charge is -2.38. The number of fused-ring (bicyclic) bond motifs is 1. The number of hydrogen-bond acceptors (Lipinski definition) is 3. The fraction of sp³-hybridized carbons (Fsp3) is 0.588. The molecule has 0 aromatic carbocycles. The molecular weight excluding hydrogens is 262 g/mol. The normalized spacial score (nSPS) is 20.3. The number of hydrogen-bond donors (Lipinski definition) is 0. The second kappa shape index (κ2) is 6.06. The summed E-state index contributed by atoms with van der Waals surface area (Å²) in [6.45, 7) is 5.80. The molecule has 0 spiro atoms. The van der Waals surface area contributed by atoms with Gasteiger partial charge in [-0.15, -0.1) is 0 Å². The number of ether oxygens (including phenoxy) is 1. The number of likely N-dealkylation sites (tertiary alicyclic amines) is 1. The molecule has 3 rings (SSSR count). The third kappa shape index (κ3) is 2.77. The Kier molecular flexibility index (Phi) is 4.15. The van der Waals surface area contributed by atoms with Gasteiger partial charge in [-0.2, -0.15) is 0 Å². The van der Waals surface area contributed by atoms with Crippen LogP contribution in [0.4, 0.5) is 0 Å². The average molecular weight is 287 g/mol. The minimum atomic E-state index is 0.592. The van der Waals surface area contributed by atoms with Crippen LogP contribution >= 0.6 is 0 Å². The van der Waals surface area contributed by atoms with Gasteiger partial charge in [-0.25, -0.2) is 4.98 Å². The zero-order chi connectivity index (χ0) is 14.8. The van der Waals surface area contributed by atoms with E-state index in [9.17, 15) is 0 Å². The van der Waals surface area contributed by atoms with E-state index < -0.39 is 0 Å². The predicted octanol–water partition coefficient (Wildman–Crippen LogP) is 3.15. The molecule has 4 nitrogen and oxygen atoms in total. The van der Waals surface area contributed by atoms with E-state index in [-0.39, 0.29) is 0 Å². The summed E-state index contributed by atoms with van der Waals surface area (Å²) >= 11 is 0. The first kappa shape index (κ1) is 14.4. The van der Waals surface area contributed by atoms with Crippen molar-refractivity contribution in [2.45, 2.75) is 51.6 Å². The smallest absolute Gasteiger partial charge is 0.199 e. The zero-order valence-corrected chi connectivity index (χ0v) is 13.2. The lowest BCUT2D eigenvalue weighted by molar-refractivity contribution is 0.110. The van der Waals surface area contributed by atoms with Gasteiger partial charge < -0.3 is 4.74 Å². The van der Waals surface area contributed by atoms with Gasteiger partial charge in [-0.1, -0.05) is 12.5 Å². The van der Waals surface area contributed by atoms with Crippen molar-refractivity contribution in [3.8, 4) is 5.88 Å². The maximum atomic E-state index is 5.50. The van der Waals surface area contributed by atoms with E-state index >= 15 is 0 Å². The molecular formula is C17H25N3O. The number of imidazole rings is 1. The number of methoxy groups -OCH3 is 1. The van der Waals surface area contributed by atoms with Gasteiger partial charge in [0.25, 0.3) is 0 Å². The van der Waals surface area contributed by atoms with E-state index in [2.05, 4.69) is 34.2 Å². The Labute approximate surface area is 126 Å². The molecule has 1 atom stereocenters. The molecule has 0 saturated carbocycles. The lowest BCUT2D eigenvalue weighted by Crippen LogP contribution is -2.45. The minimum absolute atomic E-state index is 0.592. The molecule has 0 radical (unpaired) electrons. The monoisotopic (exact) mass is 287 g/mol. The van der Waals surface area contributed by atoms with Crippen molar-refractivity contribution >= 4 is 5.52 Å². The standard InChI is InChI=1S/C17H25N3O/c1-13(2)19-10-5-4-7-14(19)11-16-18-12-15-8-6-9-17(21-3)20(15)16/h6,8-9,12-14H,4-5,7,10-11H2,1-3H3. The molecule has 0 aliphatic carbocycles. The van der Waals surface area contributed by atoms with Crippen LogP contribution in [0, 0.1) is 0 Å². The summed E-state index contributed by atoms with van der Waals surface area (Å²) in [5.41, 5.74) is 1.11. The fourth-order valence-corrected chi connectivity index (χ4v) is 3.52. The van der Waals surface area contributed by atoms with E-state index in [0.29, 0.717) is 12.1 Å². The van der Waals surface area contributed by atoms with Gasteiger partial charge in [-0.3, -0.25) is 9.30 Å². The molecule has 1 saturated heterocycles. The molecule has 1 aliphatic rings. The summed E-state index contributed by atoms with van der Waals surface area (Å²) in [4.78, 5) is 7.27. The van der Waals surface area contributed by atoms with Crippen molar-refractivity contribution < 1.29 is 4.74 Å². The highest BCUT2D eigenvalue weighted by molar-refractivity contribution is 5.49. The number of pyridine rings is 1. The van der Waals surface area contributed by atoms with Crippen LogP contribution in [0.25, 0.3) is 5.52 Å². The van der Waals surface area contributed by atoms with E-state index in [1.807, 2.05) is 18.3 Å². The highest BCUT2D eigenvalue weighted by Crippen LogP contribution is 2.24. The van der Waals surface area contributed by atoms with Gasteiger partial charge in [-0.05, 0) is 45.4 Å². The second-order valence-corrected chi connectivity index (χ2v) is 6.19. The van der Waals surface area contributed by atoms with Crippen LogP contribution in [0.15, 0.2) is 24.4 Å². The summed E-state index contributed by atoms with van der Waals surface area (Å²) in [6, 6.07) is 7.29. The number of nitrogens with zero attached hydrogens (tertiary/aromatic N) is 3. The van der Waals surface area contributed by atoms with Gasteiger partial charge in [0.05, 0.1) is 18.8 Å². The maximum Gasteiger partial charge on any atom is 0.199 e. The lowest BCUT2D eigenvalue weighted by atomic mass is 9.97. The van der Waals surface area contributed by atoms with Crippen LogP contribution in [0.2, 0.25) is 0 Å². The Morgan fingerprint density at radius 1 is 1.33 bits per heavy atom. The molecule has 4 heteroatoms. The van der Waals surface area contributed by atoms with Gasteiger partial charge in [0.1, 0.15) is 5.82 Å². The third-order valence-corrected chi connectivity index (χ3v) is 4.55. The highest BCUT2D eigenvalue weighted by Gasteiger charge is 2.26. The molecule has 0 amide bonds. The topological polar surface area (TPSA) is 29.8 Å². The number of rotatable bonds is 4. The zero-order valence-electron chi connectivity index (χ0n) is 13.2. The van der Waals surface area contributed by atoms with E-state index in [0.717, 1.165) is 23.6 Å². The summed E-state index contributed by atoms with van der Waals surface area (Å²) in [5.74, 6) is 1.98. The Hall–Kier alpha value is -1.55. The first-order valence-corrected chi connectivity index (χ1v) is 7.96. The third-order valence-electron chi connectivity index (χ3n) is 4.55. The SMILES string of the molecule is COc1cccc2cnc(CC3CCCCN3C(C)C)n12. The molecule has 0 bridgehead atoms. The predicted molar refractivity (Wildman–Crippen MR) is 84.9 cm³/mol. The van der Waals surface area contributed by atoms with Gasteiger partial charge in [0.15, 0.2) is 5.88 Å². The summed E-state index contributed by atoms with van der Waals surface area (Å²) < 4.78 is 7.65. The van der Waals surface area contributed by atoms with Crippen molar-refractivity contribution in [1.29, 1.82) is 0 Å². The van der Waals surface area contributed by atoms with Crippen LogP contribution in [-0.4, -0.2) is 40.0 Å². The van der Waals surface area contributed by atoms with Crippen molar-refractivity contribution in [2.75, 3.05) is 13.7 Å². The Morgan fingerprint density at radius 3 is 2.95 bits per heavy atom. The summed E-state index contributed by atoms with van der Waals surface area (Å²) in [7, 11) is 1.72.